The number of ketones is 1. The van der Waals surface area contributed by atoms with E-state index in [1.54, 1.807) is 43.3 Å². The molecule has 110 valence electrons. The molecule has 0 radical (unpaired) electrons. The second-order valence-electron chi connectivity index (χ2n) is 4.78. The lowest BCUT2D eigenvalue weighted by Gasteiger charge is -2.07. The summed E-state index contributed by atoms with van der Waals surface area (Å²) in [6, 6.07) is 13.8. The number of carbonyl (C=O) groups excluding carboxylic acids is 1. The van der Waals surface area contributed by atoms with E-state index in [-0.39, 0.29) is 11.5 Å². The third-order valence-corrected chi connectivity index (χ3v) is 4.42. The van der Waals surface area contributed by atoms with Crippen LogP contribution in [0.25, 0.3) is 0 Å². The number of aryl methyl sites for hydroxylation is 1. The summed E-state index contributed by atoms with van der Waals surface area (Å²) in [5.74, 6) is -0.0725. The van der Waals surface area contributed by atoms with E-state index in [4.69, 9.17) is 0 Å². The van der Waals surface area contributed by atoms with Gasteiger partial charge < -0.3 is 0 Å². The first-order valence-electron chi connectivity index (χ1n) is 6.63. The van der Waals surface area contributed by atoms with Crippen LogP contribution in [0.4, 0.5) is 5.69 Å². The SMILES string of the molecule is CCS(=O)(=O)Nc1ccc(C(=O)c2ccc(C)cc2)cc1. The molecule has 0 atom stereocenters. The van der Waals surface area contributed by atoms with Gasteiger partial charge >= 0.3 is 0 Å². The van der Waals surface area contributed by atoms with Crippen molar-refractivity contribution in [1.29, 1.82) is 0 Å². The van der Waals surface area contributed by atoms with E-state index in [9.17, 15) is 13.2 Å². The Kier molecular flexibility index (Phi) is 4.43. The van der Waals surface area contributed by atoms with E-state index in [2.05, 4.69) is 4.72 Å². The van der Waals surface area contributed by atoms with Crippen molar-refractivity contribution >= 4 is 21.5 Å². The summed E-state index contributed by atoms with van der Waals surface area (Å²) in [7, 11) is -3.30. The highest BCUT2D eigenvalue weighted by atomic mass is 32.2. The van der Waals surface area contributed by atoms with E-state index in [0.29, 0.717) is 16.8 Å². The minimum absolute atomic E-state index is 0.0110. The Morgan fingerprint density at radius 3 is 1.90 bits per heavy atom. The summed E-state index contributed by atoms with van der Waals surface area (Å²) in [5, 5.41) is 0. The molecular weight excluding hydrogens is 286 g/mol. The third-order valence-electron chi connectivity index (χ3n) is 3.11. The molecule has 4 nitrogen and oxygen atoms in total. The number of benzene rings is 2. The van der Waals surface area contributed by atoms with Crippen molar-refractivity contribution in [3.8, 4) is 0 Å². The van der Waals surface area contributed by atoms with E-state index in [0.717, 1.165) is 5.56 Å². The van der Waals surface area contributed by atoms with Crippen LogP contribution in [0.2, 0.25) is 0 Å². The molecule has 0 aromatic heterocycles. The monoisotopic (exact) mass is 303 g/mol. The van der Waals surface area contributed by atoms with Gasteiger partial charge in [-0.3, -0.25) is 9.52 Å². The van der Waals surface area contributed by atoms with Crippen LogP contribution in [-0.2, 0) is 10.0 Å². The molecule has 2 rings (SSSR count). The van der Waals surface area contributed by atoms with Crippen molar-refractivity contribution < 1.29 is 13.2 Å². The van der Waals surface area contributed by atoms with Crippen LogP contribution in [0.15, 0.2) is 48.5 Å². The van der Waals surface area contributed by atoms with Gasteiger partial charge in [-0.2, -0.15) is 0 Å². The lowest BCUT2D eigenvalue weighted by Crippen LogP contribution is -2.14. The Labute approximate surface area is 124 Å². The molecule has 21 heavy (non-hydrogen) atoms. The number of nitrogens with one attached hydrogen (secondary N) is 1. The minimum Gasteiger partial charge on any atom is -0.289 e. The molecule has 0 heterocycles. The molecule has 0 saturated heterocycles. The zero-order valence-electron chi connectivity index (χ0n) is 12.0. The second-order valence-corrected chi connectivity index (χ2v) is 6.79. The Hall–Kier alpha value is -2.14. The molecular formula is C16H17NO3S. The maximum Gasteiger partial charge on any atom is 0.232 e. The average molecular weight is 303 g/mol. The van der Waals surface area contributed by atoms with Gasteiger partial charge in [-0.25, -0.2) is 8.42 Å². The normalized spacial score (nSPS) is 11.1. The summed E-state index contributed by atoms with van der Waals surface area (Å²) in [5.41, 5.74) is 2.69. The quantitative estimate of drug-likeness (QED) is 0.864. The Morgan fingerprint density at radius 1 is 0.952 bits per heavy atom. The Morgan fingerprint density at radius 2 is 1.43 bits per heavy atom. The fourth-order valence-electron chi connectivity index (χ4n) is 1.81. The highest BCUT2D eigenvalue weighted by molar-refractivity contribution is 7.92. The molecule has 0 amide bonds. The predicted molar refractivity (Wildman–Crippen MR) is 84.1 cm³/mol. The van der Waals surface area contributed by atoms with Gasteiger partial charge in [0.15, 0.2) is 5.78 Å². The fraction of sp³-hybridized carbons (Fsp3) is 0.188. The van der Waals surface area contributed by atoms with Crippen LogP contribution in [0.1, 0.15) is 28.4 Å². The number of anilines is 1. The highest BCUT2D eigenvalue weighted by Gasteiger charge is 2.10. The number of carbonyl (C=O) groups is 1. The van der Waals surface area contributed by atoms with Crippen LogP contribution in [0.5, 0.6) is 0 Å². The highest BCUT2D eigenvalue weighted by Crippen LogP contribution is 2.15. The van der Waals surface area contributed by atoms with Gasteiger partial charge in [-0.15, -0.1) is 0 Å². The summed E-state index contributed by atoms with van der Waals surface area (Å²) in [6.07, 6.45) is 0. The second kappa shape index (κ2) is 6.10. The molecule has 0 saturated carbocycles. The average Bonchev–Trinajstić information content (AvgIpc) is 2.48. The summed E-state index contributed by atoms with van der Waals surface area (Å²) < 4.78 is 25.4. The van der Waals surface area contributed by atoms with Crippen LogP contribution < -0.4 is 4.72 Å². The number of hydrogen-bond donors (Lipinski definition) is 1. The Balaban J connectivity index is 2.19. The van der Waals surface area contributed by atoms with Crippen molar-refractivity contribution in [2.45, 2.75) is 13.8 Å². The smallest absolute Gasteiger partial charge is 0.232 e. The van der Waals surface area contributed by atoms with Gasteiger partial charge in [-0.05, 0) is 38.1 Å². The van der Waals surface area contributed by atoms with Crippen LogP contribution in [-0.4, -0.2) is 20.0 Å². The molecule has 0 aliphatic heterocycles. The third kappa shape index (κ3) is 3.92. The molecule has 2 aromatic carbocycles. The number of hydrogen-bond acceptors (Lipinski definition) is 3. The van der Waals surface area contributed by atoms with Gasteiger partial charge in [-0.1, -0.05) is 29.8 Å². The molecule has 0 aliphatic rings. The van der Waals surface area contributed by atoms with E-state index in [1.807, 2.05) is 19.1 Å². The topological polar surface area (TPSA) is 63.2 Å². The number of sulfonamides is 1. The molecule has 2 aromatic rings. The van der Waals surface area contributed by atoms with E-state index < -0.39 is 10.0 Å². The standard InChI is InChI=1S/C16H17NO3S/c1-3-21(19,20)17-15-10-8-14(9-11-15)16(18)13-6-4-12(2)5-7-13/h4-11,17H,3H2,1-2H3. The maximum absolute atomic E-state index is 12.3. The van der Waals surface area contributed by atoms with Gasteiger partial charge in [0, 0.05) is 16.8 Å². The molecule has 0 bridgehead atoms. The van der Waals surface area contributed by atoms with Crippen molar-refractivity contribution in [3.05, 3.63) is 65.2 Å². The maximum atomic E-state index is 12.3. The minimum atomic E-state index is -3.30. The van der Waals surface area contributed by atoms with Crippen molar-refractivity contribution in [1.82, 2.24) is 0 Å². The van der Waals surface area contributed by atoms with Gasteiger partial charge in [0.1, 0.15) is 0 Å². The summed E-state index contributed by atoms with van der Waals surface area (Å²) in [6.45, 7) is 3.53. The zero-order valence-corrected chi connectivity index (χ0v) is 12.8. The molecule has 0 spiro atoms. The van der Waals surface area contributed by atoms with Crippen LogP contribution in [0.3, 0.4) is 0 Å². The van der Waals surface area contributed by atoms with Crippen LogP contribution >= 0.6 is 0 Å². The van der Waals surface area contributed by atoms with E-state index >= 15 is 0 Å². The largest absolute Gasteiger partial charge is 0.289 e. The first kappa shape index (κ1) is 15.3. The van der Waals surface area contributed by atoms with Crippen molar-refractivity contribution in [2.24, 2.45) is 0 Å². The Bertz CT molecular complexity index is 732. The van der Waals surface area contributed by atoms with E-state index in [1.165, 1.54) is 0 Å². The summed E-state index contributed by atoms with van der Waals surface area (Å²) in [4.78, 5) is 12.3. The summed E-state index contributed by atoms with van der Waals surface area (Å²) >= 11 is 0. The first-order valence-corrected chi connectivity index (χ1v) is 8.28. The van der Waals surface area contributed by atoms with Crippen molar-refractivity contribution in [3.63, 3.8) is 0 Å². The lowest BCUT2D eigenvalue weighted by atomic mass is 10.0. The van der Waals surface area contributed by atoms with Gasteiger partial charge in [0.05, 0.1) is 5.75 Å². The molecule has 0 unspecified atom stereocenters. The molecule has 0 fully saturated rings. The zero-order chi connectivity index (χ0) is 15.5. The van der Waals surface area contributed by atoms with Gasteiger partial charge in [0.25, 0.3) is 0 Å². The predicted octanol–water partition coefficient (Wildman–Crippen LogP) is 2.99. The van der Waals surface area contributed by atoms with Crippen LogP contribution in [0, 0.1) is 6.92 Å². The fourth-order valence-corrected chi connectivity index (χ4v) is 2.45. The molecule has 1 N–H and O–H groups in total. The van der Waals surface area contributed by atoms with Crippen molar-refractivity contribution in [2.75, 3.05) is 10.5 Å². The first-order chi connectivity index (χ1) is 9.91. The number of rotatable bonds is 5. The molecule has 5 heteroatoms. The van der Waals surface area contributed by atoms with Gasteiger partial charge in [0.2, 0.25) is 10.0 Å². The lowest BCUT2D eigenvalue weighted by molar-refractivity contribution is 0.103. The molecule has 0 aliphatic carbocycles.